The van der Waals surface area contributed by atoms with Gasteiger partial charge in [0.15, 0.2) is 5.54 Å². The molecule has 0 spiro atoms. The van der Waals surface area contributed by atoms with Gasteiger partial charge in [-0.05, 0) is 13.0 Å². The molecule has 1 atom stereocenters. The standard InChI is InChI=1S/C11H11NO3/c1-11(10(14)15-2)8-6-4-3-5-7(8)9(13)12-11/h3-6H,1-2H3,(H,12,13). The third-order valence-corrected chi connectivity index (χ3v) is 2.67. The van der Waals surface area contributed by atoms with Crippen LogP contribution in [-0.2, 0) is 15.1 Å². The van der Waals surface area contributed by atoms with Gasteiger partial charge in [-0.15, -0.1) is 0 Å². The molecule has 78 valence electrons. The number of ether oxygens (including phenoxy) is 1. The van der Waals surface area contributed by atoms with E-state index in [1.165, 1.54) is 7.11 Å². The Kier molecular flexibility index (Phi) is 2.00. The van der Waals surface area contributed by atoms with Crippen LogP contribution in [0.25, 0.3) is 0 Å². The lowest BCUT2D eigenvalue weighted by Crippen LogP contribution is -2.44. The predicted octanol–water partition coefficient (Wildman–Crippen LogP) is 0.818. The maximum atomic E-state index is 11.6. The summed E-state index contributed by atoms with van der Waals surface area (Å²) in [6.45, 7) is 1.64. The van der Waals surface area contributed by atoms with Crippen LogP contribution < -0.4 is 5.32 Å². The monoisotopic (exact) mass is 205 g/mol. The van der Waals surface area contributed by atoms with E-state index in [1.54, 1.807) is 31.2 Å². The SMILES string of the molecule is COC(=O)C1(C)NC(=O)c2ccccc21. The molecule has 0 aliphatic carbocycles. The van der Waals surface area contributed by atoms with Gasteiger partial charge in [0.05, 0.1) is 7.11 Å². The summed E-state index contributed by atoms with van der Waals surface area (Å²) in [5.74, 6) is -0.695. The third kappa shape index (κ3) is 1.21. The van der Waals surface area contributed by atoms with Gasteiger partial charge in [0.1, 0.15) is 0 Å². The molecule has 1 aliphatic rings. The Bertz CT molecular complexity index is 441. The number of hydrogen-bond donors (Lipinski definition) is 1. The van der Waals surface area contributed by atoms with Gasteiger partial charge in [0.25, 0.3) is 5.91 Å². The Morgan fingerprint density at radius 2 is 2.07 bits per heavy atom. The summed E-state index contributed by atoms with van der Waals surface area (Å²) in [5, 5.41) is 2.63. The first-order chi connectivity index (χ1) is 7.09. The molecular formula is C11H11NO3. The smallest absolute Gasteiger partial charge is 0.336 e. The Labute approximate surface area is 87.2 Å². The molecule has 0 fully saturated rings. The van der Waals surface area contributed by atoms with E-state index in [2.05, 4.69) is 10.1 Å². The first kappa shape index (κ1) is 9.71. The second-order valence-electron chi connectivity index (χ2n) is 3.62. The highest BCUT2D eigenvalue weighted by Gasteiger charge is 2.45. The Hall–Kier alpha value is -1.84. The molecule has 1 N–H and O–H groups in total. The summed E-state index contributed by atoms with van der Waals surface area (Å²) in [6.07, 6.45) is 0. The van der Waals surface area contributed by atoms with Gasteiger partial charge in [0, 0.05) is 11.1 Å². The quantitative estimate of drug-likeness (QED) is 0.690. The summed E-state index contributed by atoms with van der Waals surface area (Å²) in [4.78, 5) is 23.2. The van der Waals surface area contributed by atoms with Crippen molar-refractivity contribution in [3.63, 3.8) is 0 Å². The molecular weight excluding hydrogens is 194 g/mol. The van der Waals surface area contributed by atoms with Crippen LogP contribution >= 0.6 is 0 Å². The molecule has 1 aromatic carbocycles. The van der Waals surface area contributed by atoms with Crippen molar-refractivity contribution in [2.24, 2.45) is 0 Å². The molecule has 15 heavy (non-hydrogen) atoms. The van der Waals surface area contributed by atoms with E-state index in [-0.39, 0.29) is 5.91 Å². The van der Waals surface area contributed by atoms with Gasteiger partial charge in [-0.3, -0.25) is 4.79 Å². The number of fused-ring (bicyclic) bond motifs is 1. The third-order valence-electron chi connectivity index (χ3n) is 2.67. The van der Waals surface area contributed by atoms with Crippen molar-refractivity contribution in [3.8, 4) is 0 Å². The average molecular weight is 205 g/mol. The first-order valence-electron chi connectivity index (χ1n) is 4.60. The number of hydrogen-bond acceptors (Lipinski definition) is 3. The minimum atomic E-state index is -1.05. The van der Waals surface area contributed by atoms with Crippen molar-refractivity contribution >= 4 is 11.9 Å². The van der Waals surface area contributed by atoms with E-state index in [4.69, 9.17) is 0 Å². The van der Waals surface area contributed by atoms with Gasteiger partial charge in [-0.25, -0.2) is 4.79 Å². The van der Waals surface area contributed by atoms with Crippen LogP contribution in [-0.4, -0.2) is 19.0 Å². The Balaban J connectivity index is 2.57. The summed E-state index contributed by atoms with van der Waals surface area (Å²) in [7, 11) is 1.31. The molecule has 0 saturated carbocycles. The van der Waals surface area contributed by atoms with Crippen molar-refractivity contribution in [2.45, 2.75) is 12.5 Å². The van der Waals surface area contributed by atoms with Gasteiger partial charge < -0.3 is 10.1 Å². The molecule has 0 radical (unpaired) electrons. The second-order valence-corrected chi connectivity index (χ2v) is 3.62. The molecule has 1 heterocycles. The summed E-state index contributed by atoms with van der Waals surface area (Å²) in [5.41, 5.74) is 0.148. The molecule has 0 bridgehead atoms. The maximum absolute atomic E-state index is 11.6. The van der Waals surface area contributed by atoms with Crippen molar-refractivity contribution in [1.29, 1.82) is 0 Å². The summed E-state index contributed by atoms with van der Waals surface area (Å²) in [6, 6.07) is 7.00. The molecule has 1 unspecified atom stereocenters. The van der Waals surface area contributed by atoms with Crippen LogP contribution in [0.4, 0.5) is 0 Å². The van der Waals surface area contributed by atoms with E-state index in [1.807, 2.05) is 0 Å². The molecule has 1 aliphatic heterocycles. The minimum Gasteiger partial charge on any atom is -0.467 e. The fraction of sp³-hybridized carbons (Fsp3) is 0.273. The predicted molar refractivity (Wildman–Crippen MR) is 53.3 cm³/mol. The number of rotatable bonds is 1. The molecule has 4 heteroatoms. The van der Waals surface area contributed by atoms with Crippen LogP contribution in [0.2, 0.25) is 0 Å². The fourth-order valence-corrected chi connectivity index (χ4v) is 1.84. The van der Waals surface area contributed by atoms with Gasteiger partial charge in [0.2, 0.25) is 0 Å². The van der Waals surface area contributed by atoms with Crippen LogP contribution in [0.3, 0.4) is 0 Å². The molecule has 4 nitrogen and oxygen atoms in total. The van der Waals surface area contributed by atoms with E-state index in [9.17, 15) is 9.59 Å². The van der Waals surface area contributed by atoms with E-state index in [0.29, 0.717) is 11.1 Å². The second kappa shape index (κ2) is 3.08. The highest BCUT2D eigenvalue weighted by Crippen LogP contribution is 2.31. The van der Waals surface area contributed by atoms with E-state index < -0.39 is 11.5 Å². The molecule has 1 aromatic rings. The van der Waals surface area contributed by atoms with E-state index >= 15 is 0 Å². The highest BCUT2D eigenvalue weighted by atomic mass is 16.5. The first-order valence-corrected chi connectivity index (χ1v) is 4.60. The number of nitrogens with one attached hydrogen (secondary N) is 1. The topological polar surface area (TPSA) is 55.4 Å². The van der Waals surface area contributed by atoms with Crippen LogP contribution in [0, 0.1) is 0 Å². The highest BCUT2D eigenvalue weighted by molar-refractivity contribution is 6.05. The number of benzene rings is 1. The van der Waals surface area contributed by atoms with Crippen LogP contribution in [0.1, 0.15) is 22.8 Å². The van der Waals surface area contributed by atoms with Crippen LogP contribution in [0.5, 0.6) is 0 Å². The minimum absolute atomic E-state index is 0.237. The number of amides is 1. The normalized spacial score (nSPS) is 23.2. The zero-order valence-electron chi connectivity index (χ0n) is 8.53. The van der Waals surface area contributed by atoms with Crippen LogP contribution in [0.15, 0.2) is 24.3 Å². The van der Waals surface area contributed by atoms with Gasteiger partial charge in [-0.1, -0.05) is 18.2 Å². The van der Waals surface area contributed by atoms with Crippen molar-refractivity contribution < 1.29 is 14.3 Å². The molecule has 0 saturated heterocycles. The lowest BCUT2D eigenvalue weighted by atomic mass is 9.93. The number of esters is 1. The molecule has 2 rings (SSSR count). The number of carbonyl (C=O) groups excluding carboxylic acids is 2. The number of carbonyl (C=O) groups is 2. The zero-order chi connectivity index (χ0) is 11.1. The maximum Gasteiger partial charge on any atom is 0.336 e. The molecule has 1 amide bonds. The van der Waals surface area contributed by atoms with Crippen molar-refractivity contribution in [2.75, 3.05) is 7.11 Å². The largest absolute Gasteiger partial charge is 0.467 e. The van der Waals surface area contributed by atoms with Crippen molar-refractivity contribution in [1.82, 2.24) is 5.32 Å². The number of methoxy groups -OCH3 is 1. The van der Waals surface area contributed by atoms with Crippen molar-refractivity contribution in [3.05, 3.63) is 35.4 Å². The zero-order valence-corrected chi connectivity index (χ0v) is 8.53. The lowest BCUT2D eigenvalue weighted by Gasteiger charge is -2.21. The summed E-state index contributed by atoms with van der Waals surface area (Å²) < 4.78 is 4.69. The van der Waals surface area contributed by atoms with Gasteiger partial charge in [-0.2, -0.15) is 0 Å². The fourth-order valence-electron chi connectivity index (χ4n) is 1.84. The Morgan fingerprint density at radius 3 is 2.73 bits per heavy atom. The Morgan fingerprint density at radius 1 is 1.40 bits per heavy atom. The summed E-state index contributed by atoms with van der Waals surface area (Å²) >= 11 is 0. The lowest BCUT2D eigenvalue weighted by molar-refractivity contribution is -0.147. The van der Waals surface area contributed by atoms with Gasteiger partial charge >= 0.3 is 5.97 Å². The van der Waals surface area contributed by atoms with E-state index in [0.717, 1.165) is 0 Å². The molecule has 0 aromatic heterocycles. The average Bonchev–Trinajstić information content (AvgIpc) is 2.52.